The molecule has 0 aliphatic carbocycles. The first kappa shape index (κ1) is 24.9. The quantitative estimate of drug-likeness (QED) is 0.268. The molecule has 7 nitrogen and oxygen atoms in total. The van der Waals surface area contributed by atoms with Crippen molar-refractivity contribution in [1.29, 1.82) is 0 Å². The molecule has 4 aromatic rings. The van der Waals surface area contributed by atoms with Gasteiger partial charge in [-0.05, 0) is 30.2 Å². The van der Waals surface area contributed by atoms with Gasteiger partial charge in [-0.2, -0.15) is 0 Å². The number of aryl methyl sites for hydroxylation is 1. The number of hydrogen-bond acceptors (Lipinski definition) is 7. The second-order valence-electron chi connectivity index (χ2n) is 8.19. The van der Waals surface area contributed by atoms with Crippen LogP contribution in [0.2, 0.25) is 0 Å². The van der Waals surface area contributed by atoms with Gasteiger partial charge in [0.2, 0.25) is 0 Å². The molecule has 0 spiro atoms. The lowest BCUT2D eigenvalue weighted by Crippen LogP contribution is -2.43. The Hall–Kier alpha value is -4.17. The molecule has 1 aromatic heterocycles. The van der Waals surface area contributed by atoms with Crippen LogP contribution < -0.4 is 10.6 Å². The van der Waals surface area contributed by atoms with Gasteiger partial charge in [0.15, 0.2) is 5.13 Å². The van der Waals surface area contributed by atoms with E-state index in [-0.39, 0.29) is 19.6 Å². The van der Waals surface area contributed by atoms with Crippen LogP contribution in [0.4, 0.5) is 15.6 Å². The van der Waals surface area contributed by atoms with Gasteiger partial charge in [-0.1, -0.05) is 78.4 Å². The normalized spacial score (nSPS) is 11.4. The van der Waals surface area contributed by atoms with E-state index in [4.69, 9.17) is 9.47 Å². The number of benzene rings is 3. The highest BCUT2D eigenvalue weighted by atomic mass is 32.1. The topological polar surface area (TPSA) is 89.6 Å². The number of rotatable bonds is 10. The fraction of sp³-hybridized carbons (Fsp3) is 0.179. The van der Waals surface area contributed by atoms with E-state index in [1.54, 1.807) is 0 Å². The molecule has 1 amide bonds. The molecule has 1 unspecified atom stereocenters. The zero-order chi connectivity index (χ0) is 25.2. The summed E-state index contributed by atoms with van der Waals surface area (Å²) < 4.78 is 10.8. The van der Waals surface area contributed by atoms with Crippen molar-refractivity contribution in [1.82, 2.24) is 10.3 Å². The highest BCUT2D eigenvalue weighted by Gasteiger charge is 2.24. The molecule has 1 atom stereocenters. The van der Waals surface area contributed by atoms with Gasteiger partial charge in [-0.3, -0.25) is 0 Å². The zero-order valence-electron chi connectivity index (χ0n) is 19.8. The third kappa shape index (κ3) is 7.68. The average molecular weight is 502 g/mol. The maximum Gasteiger partial charge on any atom is 0.408 e. The number of hydrogen-bond donors (Lipinski definition) is 2. The molecule has 0 aliphatic heterocycles. The summed E-state index contributed by atoms with van der Waals surface area (Å²) in [6.45, 7) is 2.13. The third-order valence-electron chi connectivity index (χ3n) is 5.29. The molecule has 4 rings (SSSR count). The van der Waals surface area contributed by atoms with Crippen LogP contribution in [0, 0.1) is 6.92 Å². The van der Waals surface area contributed by atoms with Crippen LogP contribution in [-0.2, 0) is 33.9 Å². The molecule has 0 aliphatic rings. The van der Waals surface area contributed by atoms with Gasteiger partial charge in [-0.25, -0.2) is 14.6 Å². The monoisotopic (exact) mass is 501 g/mol. The van der Waals surface area contributed by atoms with Crippen LogP contribution >= 0.6 is 11.3 Å². The first-order chi connectivity index (χ1) is 17.5. The Morgan fingerprint density at radius 1 is 0.861 bits per heavy atom. The van der Waals surface area contributed by atoms with E-state index >= 15 is 0 Å². The van der Waals surface area contributed by atoms with Gasteiger partial charge >= 0.3 is 12.1 Å². The van der Waals surface area contributed by atoms with Gasteiger partial charge in [-0.15, -0.1) is 11.3 Å². The molecule has 184 valence electrons. The second kappa shape index (κ2) is 12.5. The van der Waals surface area contributed by atoms with Crippen LogP contribution in [0.3, 0.4) is 0 Å². The molecule has 1 heterocycles. The summed E-state index contributed by atoms with van der Waals surface area (Å²) in [5, 5.41) is 8.42. The van der Waals surface area contributed by atoms with Crippen LogP contribution in [0.5, 0.6) is 0 Å². The lowest BCUT2D eigenvalue weighted by Gasteiger charge is -2.17. The standard InChI is InChI=1S/C28H27N3O4S/c1-20-12-14-23(15-13-20)29-27-30-24(19-36-27)18-34-26(32)25(16-21-8-4-2-5-9-21)31-28(33)35-17-22-10-6-3-7-11-22/h2-15,19,25H,16-18H2,1H3,(H,29,30)(H,31,33). The zero-order valence-corrected chi connectivity index (χ0v) is 20.7. The minimum atomic E-state index is -0.903. The second-order valence-corrected chi connectivity index (χ2v) is 9.05. The number of aromatic nitrogens is 1. The summed E-state index contributed by atoms with van der Waals surface area (Å²) in [4.78, 5) is 29.8. The number of carbonyl (C=O) groups is 2. The summed E-state index contributed by atoms with van der Waals surface area (Å²) in [5.41, 5.74) is 4.47. The van der Waals surface area contributed by atoms with Crippen molar-refractivity contribution >= 4 is 34.2 Å². The predicted octanol–water partition coefficient (Wildman–Crippen LogP) is 5.78. The first-order valence-corrected chi connectivity index (χ1v) is 12.4. The average Bonchev–Trinajstić information content (AvgIpc) is 3.35. The Morgan fingerprint density at radius 3 is 2.22 bits per heavy atom. The molecule has 0 radical (unpaired) electrons. The summed E-state index contributed by atoms with van der Waals surface area (Å²) in [6, 6.07) is 25.9. The Morgan fingerprint density at radius 2 is 1.53 bits per heavy atom. The van der Waals surface area contributed by atoms with E-state index in [2.05, 4.69) is 15.6 Å². The lowest BCUT2D eigenvalue weighted by molar-refractivity contribution is -0.147. The minimum absolute atomic E-state index is 0.00303. The van der Waals surface area contributed by atoms with E-state index in [0.717, 1.165) is 16.8 Å². The molecule has 36 heavy (non-hydrogen) atoms. The largest absolute Gasteiger partial charge is 0.458 e. The van der Waals surface area contributed by atoms with Gasteiger partial charge in [0.25, 0.3) is 0 Å². The van der Waals surface area contributed by atoms with E-state index in [1.165, 1.54) is 16.9 Å². The van der Waals surface area contributed by atoms with E-state index < -0.39 is 18.1 Å². The predicted molar refractivity (Wildman–Crippen MR) is 140 cm³/mol. The number of nitrogens with zero attached hydrogens (tertiary/aromatic N) is 1. The number of esters is 1. The number of ether oxygens (including phenoxy) is 2. The molecule has 8 heteroatoms. The summed E-state index contributed by atoms with van der Waals surface area (Å²) in [5.74, 6) is -0.559. The Labute approximate surface area is 214 Å². The highest BCUT2D eigenvalue weighted by Crippen LogP contribution is 2.21. The van der Waals surface area contributed by atoms with Crippen molar-refractivity contribution in [3.05, 3.63) is 113 Å². The number of alkyl carbamates (subject to hydrolysis) is 1. The van der Waals surface area contributed by atoms with Crippen molar-refractivity contribution in [2.24, 2.45) is 0 Å². The molecule has 0 fully saturated rings. The van der Waals surface area contributed by atoms with Crippen LogP contribution in [0.25, 0.3) is 0 Å². The Kier molecular flexibility index (Phi) is 8.67. The maximum absolute atomic E-state index is 12.9. The number of amides is 1. The van der Waals surface area contributed by atoms with Gasteiger partial charge < -0.3 is 20.1 Å². The summed E-state index contributed by atoms with van der Waals surface area (Å²) >= 11 is 1.42. The van der Waals surface area contributed by atoms with Crippen molar-refractivity contribution in [3.8, 4) is 0 Å². The summed E-state index contributed by atoms with van der Waals surface area (Å²) in [6.07, 6.45) is -0.410. The van der Waals surface area contributed by atoms with E-state index in [0.29, 0.717) is 10.8 Å². The smallest absolute Gasteiger partial charge is 0.408 e. The fourth-order valence-electron chi connectivity index (χ4n) is 3.39. The number of carbonyl (C=O) groups excluding carboxylic acids is 2. The van der Waals surface area contributed by atoms with Gasteiger partial charge in [0.05, 0.1) is 5.69 Å². The number of nitrogens with one attached hydrogen (secondary N) is 2. The molecule has 0 bridgehead atoms. The van der Waals surface area contributed by atoms with Crippen LogP contribution in [0.1, 0.15) is 22.4 Å². The first-order valence-electron chi connectivity index (χ1n) is 11.5. The van der Waals surface area contributed by atoms with Crippen molar-refractivity contribution < 1.29 is 19.1 Å². The van der Waals surface area contributed by atoms with E-state index in [9.17, 15) is 9.59 Å². The Balaban J connectivity index is 1.34. The molecule has 0 saturated heterocycles. The van der Waals surface area contributed by atoms with E-state index in [1.807, 2.05) is 97.2 Å². The lowest BCUT2D eigenvalue weighted by atomic mass is 10.1. The fourth-order valence-corrected chi connectivity index (χ4v) is 4.10. The number of thiazole rings is 1. The molecular weight excluding hydrogens is 474 g/mol. The van der Waals surface area contributed by atoms with Gasteiger partial charge in [0.1, 0.15) is 19.3 Å². The SMILES string of the molecule is Cc1ccc(Nc2nc(COC(=O)C(Cc3ccccc3)NC(=O)OCc3ccccc3)cs2)cc1. The van der Waals surface area contributed by atoms with Crippen LogP contribution in [-0.4, -0.2) is 23.1 Å². The molecule has 0 saturated carbocycles. The molecule has 3 aromatic carbocycles. The Bertz CT molecular complexity index is 1260. The van der Waals surface area contributed by atoms with Crippen LogP contribution in [0.15, 0.2) is 90.3 Å². The number of anilines is 2. The molecular formula is C28H27N3O4S. The third-order valence-corrected chi connectivity index (χ3v) is 6.10. The van der Waals surface area contributed by atoms with Crippen molar-refractivity contribution in [2.75, 3.05) is 5.32 Å². The minimum Gasteiger partial charge on any atom is -0.458 e. The highest BCUT2D eigenvalue weighted by molar-refractivity contribution is 7.13. The maximum atomic E-state index is 12.9. The van der Waals surface area contributed by atoms with Crippen molar-refractivity contribution in [3.63, 3.8) is 0 Å². The summed E-state index contributed by atoms with van der Waals surface area (Å²) in [7, 11) is 0. The van der Waals surface area contributed by atoms with Gasteiger partial charge in [0, 0.05) is 17.5 Å². The van der Waals surface area contributed by atoms with Crippen molar-refractivity contribution in [2.45, 2.75) is 32.6 Å². The molecule has 2 N–H and O–H groups in total.